The minimum atomic E-state index is 0.347. The van der Waals surface area contributed by atoms with E-state index in [0.717, 1.165) is 31.7 Å². The van der Waals surface area contributed by atoms with Crippen molar-refractivity contribution in [1.29, 1.82) is 0 Å². The summed E-state index contributed by atoms with van der Waals surface area (Å²) in [6.45, 7) is 5.13. The minimum Gasteiger partial charge on any atom is -0.508 e. The molecule has 3 heteroatoms. The van der Waals surface area contributed by atoms with Crippen LogP contribution in [0.3, 0.4) is 0 Å². The van der Waals surface area contributed by atoms with Crippen molar-refractivity contribution in [2.24, 2.45) is 0 Å². The van der Waals surface area contributed by atoms with Crippen LogP contribution in [-0.2, 0) is 11.3 Å². The number of hydrogen-bond donors (Lipinski definition) is 2. The van der Waals surface area contributed by atoms with Gasteiger partial charge >= 0.3 is 0 Å². The molecule has 0 radical (unpaired) electrons. The Bertz CT molecular complexity index is 276. The Labute approximate surface area is 91.1 Å². The van der Waals surface area contributed by atoms with E-state index in [0.29, 0.717) is 12.3 Å². The van der Waals surface area contributed by atoms with Crippen molar-refractivity contribution in [2.45, 2.75) is 19.9 Å². The lowest BCUT2D eigenvalue weighted by Gasteiger charge is -2.06. The summed E-state index contributed by atoms with van der Waals surface area (Å²) in [5.74, 6) is 0.347. The molecule has 0 aliphatic carbocycles. The molecule has 3 nitrogen and oxygen atoms in total. The van der Waals surface area contributed by atoms with Crippen LogP contribution in [0.4, 0.5) is 0 Å². The van der Waals surface area contributed by atoms with Gasteiger partial charge in [-0.3, -0.25) is 0 Å². The van der Waals surface area contributed by atoms with Crippen molar-refractivity contribution < 1.29 is 9.84 Å². The van der Waals surface area contributed by atoms with Crippen LogP contribution >= 0.6 is 0 Å². The van der Waals surface area contributed by atoms with E-state index in [-0.39, 0.29) is 0 Å². The molecular weight excluding hydrogens is 190 g/mol. The van der Waals surface area contributed by atoms with E-state index in [2.05, 4.69) is 12.2 Å². The molecule has 0 aliphatic heterocycles. The number of ether oxygens (including phenoxy) is 1. The molecule has 0 bridgehead atoms. The van der Waals surface area contributed by atoms with Crippen LogP contribution in [0, 0.1) is 0 Å². The maximum atomic E-state index is 9.48. The molecule has 0 amide bonds. The highest BCUT2D eigenvalue weighted by atomic mass is 16.5. The molecule has 15 heavy (non-hydrogen) atoms. The zero-order chi connectivity index (χ0) is 10.9. The van der Waals surface area contributed by atoms with Gasteiger partial charge < -0.3 is 15.2 Å². The molecule has 0 unspecified atom stereocenters. The number of nitrogens with one attached hydrogen (secondary N) is 1. The third-order valence-corrected chi connectivity index (χ3v) is 2.08. The van der Waals surface area contributed by atoms with Crippen LogP contribution < -0.4 is 5.32 Å². The molecule has 1 aromatic carbocycles. The predicted molar refractivity (Wildman–Crippen MR) is 60.9 cm³/mol. The van der Waals surface area contributed by atoms with Gasteiger partial charge in [-0.25, -0.2) is 0 Å². The molecule has 0 saturated heterocycles. The van der Waals surface area contributed by atoms with Gasteiger partial charge in [0.05, 0.1) is 6.61 Å². The minimum absolute atomic E-state index is 0.347. The highest BCUT2D eigenvalue weighted by Gasteiger charge is 1.97. The number of rotatable bonds is 7. The summed E-state index contributed by atoms with van der Waals surface area (Å²) in [6.07, 6.45) is 1.06. The first-order valence-corrected chi connectivity index (χ1v) is 5.40. The number of aromatic hydroxyl groups is 1. The summed E-state index contributed by atoms with van der Waals surface area (Å²) in [7, 11) is 0. The van der Waals surface area contributed by atoms with Crippen molar-refractivity contribution in [3.05, 3.63) is 29.8 Å². The predicted octanol–water partition coefficient (Wildman–Crippen LogP) is 1.91. The Kier molecular flexibility index (Phi) is 5.81. The van der Waals surface area contributed by atoms with E-state index in [1.807, 2.05) is 18.2 Å². The van der Waals surface area contributed by atoms with Crippen molar-refractivity contribution >= 4 is 0 Å². The SMILES string of the molecule is CCCOCCNCc1ccccc1O. The topological polar surface area (TPSA) is 41.5 Å². The molecule has 1 aromatic rings. The van der Waals surface area contributed by atoms with E-state index in [1.165, 1.54) is 0 Å². The number of para-hydroxylation sites is 1. The van der Waals surface area contributed by atoms with Gasteiger partial charge in [-0.1, -0.05) is 25.1 Å². The Morgan fingerprint density at radius 1 is 1.27 bits per heavy atom. The molecule has 0 aliphatic rings. The van der Waals surface area contributed by atoms with Gasteiger partial charge in [-0.05, 0) is 12.5 Å². The lowest BCUT2D eigenvalue weighted by molar-refractivity contribution is 0.136. The maximum Gasteiger partial charge on any atom is 0.120 e. The van der Waals surface area contributed by atoms with Crippen molar-refractivity contribution in [3.8, 4) is 5.75 Å². The molecule has 0 spiro atoms. The van der Waals surface area contributed by atoms with Crippen molar-refractivity contribution in [3.63, 3.8) is 0 Å². The number of phenols is 1. The molecule has 2 N–H and O–H groups in total. The van der Waals surface area contributed by atoms with E-state index < -0.39 is 0 Å². The van der Waals surface area contributed by atoms with Gasteiger partial charge in [0.2, 0.25) is 0 Å². The smallest absolute Gasteiger partial charge is 0.120 e. The lowest BCUT2D eigenvalue weighted by Crippen LogP contribution is -2.19. The quantitative estimate of drug-likeness (QED) is 0.674. The van der Waals surface area contributed by atoms with Crippen molar-refractivity contribution in [2.75, 3.05) is 19.8 Å². The van der Waals surface area contributed by atoms with E-state index in [9.17, 15) is 5.11 Å². The molecule has 0 saturated carbocycles. The lowest BCUT2D eigenvalue weighted by atomic mass is 10.2. The second kappa shape index (κ2) is 7.26. The van der Waals surface area contributed by atoms with Gasteiger partial charge in [-0.15, -0.1) is 0 Å². The monoisotopic (exact) mass is 209 g/mol. The normalized spacial score (nSPS) is 10.5. The first kappa shape index (κ1) is 12.0. The summed E-state index contributed by atoms with van der Waals surface area (Å²) >= 11 is 0. The fourth-order valence-corrected chi connectivity index (χ4v) is 1.27. The largest absolute Gasteiger partial charge is 0.508 e. The third kappa shape index (κ3) is 4.81. The van der Waals surface area contributed by atoms with Gasteiger partial charge in [0.25, 0.3) is 0 Å². The molecular formula is C12H19NO2. The summed E-state index contributed by atoms with van der Waals surface area (Å²) in [5.41, 5.74) is 0.924. The van der Waals surface area contributed by atoms with Crippen LogP contribution in [0.25, 0.3) is 0 Å². The Hall–Kier alpha value is -1.06. The summed E-state index contributed by atoms with van der Waals surface area (Å²) in [5, 5.41) is 12.7. The second-order valence-corrected chi connectivity index (χ2v) is 3.42. The Balaban J connectivity index is 2.12. The van der Waals surface area contributed by atoms with Gasteiger partial charge in [0.15, 0.2) is 0 Å². The molecule has 0 heterocycles. The second-order valence-electron chi connectivity index (χ2n) is 3.42. The first-order chi connectivity index (χ1) is 7.34. The van der Waals surface area contributed by atoms with Gasteiger partial charge in [0.1, 0.15) is 5.75 Å². The average molecular weight is 209 g/mol. The Morgan fingerprint density at radius 2 is 2.07 bits per heavy atom. The summed E-state index contributed by atoms with van der Waals surface area (Å²) in [4.78, 5) is 0. The molecule has 0 fully saturated rings. The summed E-state index contributed by atoms with van der Waals surface area (Å²) < 4.78 is 5.33. The third-order valence-electron chi connectivity index (χ3n) is 2.08. The van der Waals surface area contributed by atoms with Crippen LogP contribution in [-0.4, -0.2) is 24.9 Å². The number of phenolic OH excluding ortho intramolecular Hbond substituents is 1. The average Bonchev–Trinajstić information content (AvgIpc) is 2.25. The Morgan fingerprint density at radius 3 is 2.80 bits per heavy atom. The van der Waals surface area contributed by atoms with E-state index >= 15 is 0 Å². The van der Waals surface area contributed by atoms with E-state index in [1.54, 1.807) is 6.07 Å². The highest BCUT2D eigenvalue weighted by molar-refractivity contribution is 5.31. The van der Waals surface area contributed by atoms with Crippen LogP contribution in [0.15, 0.2) is 24.3 Å². The zero-order valence-electron chi connectivity index (χ0n) is 9.20. The zero-order valence-corrected chi connectivity index (χ0v) is 9.20. The van der Waals surface area contributed by atoms with Crippen LogP contribution in [0.2, 0.25) is 0 Å². The molecule has 0 atom stereocenters. The molecule has 1 rings (SSSR count). The van der Waals surface area contributed by atoms with Gasteiger partial charge in [-0.2, -0.15) is 0 Å². The van der Waals surface area contributed by atoms with E-state index in [4.69, 9.17) is 4.74 Å². The molecule has 0 aromatic heterocycles. The maximum absolute atomic E-state index is 9.48. The fourth-order valence-electron chi connectivity index (χ4n) is 1.27. The highest BCUT2D eigenvalue weighted by Crippen LogP contribution is 2.14. The summed E-state index contributed by atoms with van der Waals surface area (Å²) in [6, 6.07) is 7.35. The fraction of sp³-hybridized carbons (Fsp3) is 0.500. The standard InChI is InChI=1S/C12H19NO2/c1-2-8-15-9-7-13-10-11-5-3-4-6-12(11)14/h3-6,13-14H,2,7-10H2,1H3. The number of hydrogen-bond acceptors (Lipinski definition) is 3. The number of benzene rings is 1. The first-order valence-electron chi connectivity index (χ1n) is 5.40. The van der Waals surface area contributed by atoms with Crippen LogP contribution in [0.5, 0.6) is 5.75 Å². The molecule has 84 valence electrons. The van der Waals surface area contributed by atoms with Crippen molar-refractivity contribution in [1.82, 2.24) is 5.32 Å². The van der Waals surface area contributed by atoms with Gasteiger partial charge in [0, 0.05) is 25.3 Å². The van der Waals surface area contributed by atoms with Crippen LogP contribution in [0.1, 0.15) is 18.9 Å².